The van der Waals surface area contributed by atoms with Crippen molar-refractivity contribution in [2.45, 2.75) is 38.2 Å². The van der Waals surface area contributed by atoms with Crippen LogP contribution in [-0.2, 0) is 12.6 Å². The van der Waals surface area contributed by atoms with Crippen molar-refractivity contribution in [3.8, 4) is 10.4 Å². The summed E-state index contributed by atoms with van der Waals surface area (Å²) in [5.41, 5.74) is 3.05. The van der Waals surface area contributed by atoms with Crippen molar-refractivity contribution in [3.05, 3.63) is 42.0 Å². The van der Waals surface area contributed by atoms with Gasteiger partial charge in [-0.2, -0.15) is 5.10 Å². The Morgan fingerprint density at radius 1 is 1.18 bits per heavy atom. The largest absolute Gasteiger partial charge is 0.386 e. The van der Waals surface area contributed by atoms with Crippen molar-refractivity contribution in [2.75, 3.05) is 13.1 Å². The average Bonchev–Trinajstić information content (AvgIpc) is 3.32. The van der Waals surface area contributed by atoms with Gasteiger partial charge in [-0.1, -0.05) is 11.3 Å². The molecule has 0 atom stereocenters. The summed E-state index contributed by atoms with van der Waals surface area (Å²) < 4.78 is 3.95. The average molecular weight is 396 g/mol. The molecule has 7 heteroatoms. The number of aryl methyl sites for hydroxylation is 1. The van der Waals surface area contributed by atoms with Crippen molar-refractivity contribution >= 4 is 27.2 Å². The molecule has 146 valence electrons. The topological polar surface area (TPSA) is 67.4 Å². The van der Waals surface area contributed by atoms with E-state index in [1.807, 2.05) is 27.1 Å². The molecule has 1 saturated heterocycles. The Labute approximate surface area is 167 Å². The summed E-state index contributed by atoms with van der Waals surface area (Å²) in [5.74, 6) is 0.560. The van der Waals surface area contributed by atoms with Crippen LogP contribution in [-0.4, -0.2) is 37.4 Å². The monoisotopic (exact) mass is 395 g/mol. The maximum Gasteiger partial charge on any atom is 0.194 e. The number of nitrogens with zero attached hydrogens (tertiary/aromatic N) is 4. The Morgan fingerprint density at radius 3 is 2.68 bits per heavy atom. The zero-order valence-corrected chi connectivity index (χ0v) is 17.3. The highest BCUT2D eigenvalue weighted by molar-refractivity contribution is 7.20. The number of aromatic nitrogens is 4. The van der Waals surface area contributed by atoms with Gasteiger partial charge in [0.05, 0.1) is 21.7 Å². The summed E-state index contributed by atoms with van der Waals surface area (Å²) in [7, 11) is 1.91. The highest BCUT2D eigenvalue weighted by Crippen LogP contribution is 2.36. The summed E-state index contributed by atoms with van der Waals surface area (Å²) in [6, 6.07) is 4.21. The van der Waals surface area contributed by atoms with E-state index in [0.29, 0.717) is 5.92 Å². The first-order chi connectivity index (χ1) is 13.4. The van der Waals surface area contributed by atoms with Gasteiger partial charge < -0.3 is 10.4 Å². The molecule has 2 N–H and O–H groups in total. The number of aliphatic hydroxyl groups is 1. The first-order valence-electron chi connectivity index (χ1n) is 9.78. The SMILES string of the molecule is Cn1cc2cc(-c3cn4cc(C5CCNCC5)nc4s3)cc(C(C)(C)O)c2n1. The van der Waals surface area contributed by atoms with E-state index in [2.05, 4.69) is 39.3 Å². The second kappa shape index (κ2) is 6.40. The lowest BCUT2D eigenvalue weighted by Crippen LogP contribution is -2.26. The highest BCUT2D eigenvalue weighted by Gasteiger charge is 2.23. The van der Waals surface area contributed by atoms with Gasteiger partial charge in [0.25, 0.3) is 0 Å². The lowest BCUT2D eigenvalue weighted by Gasteiger charge is -2.20. The molecule has 4 aromatic rings. The maximum absolute atomic E-state index is 10.7. The zero-order chi connectivity index (χ0) is 19.5. The third-order valence-electron chi connectivity index (χ3n) is 5.60. The van der Waals surface area contributed by atoms with Gasteiger partial charge in [-0.3, -0.25) is 9.08 Å². The molecule has 0 saturated carbocycles. The van der Waals surface area contributed by atoms with Gasteiger partial charge in [0, 0.05) is 42.5 Å². The Bertz CT molecular complexity index is 1130. The number of rotatable bonds is 3. The quantitative estimate of drug-likeness (QED) is 0.556. The maximum atomic E-state index is 10.7. The fourth-order valence-corrected chi connectivity index (χ4v) is 5.09. The third-order valence-corrected chi connectivity index (χ3v) is 6.64. The van der Waals surface area contributed by atoms with Crippen molar-refractivity contribution < 1.29 is 5.11 Å². The van der Waals surface area contributed by atoms with Gasteiger partial charge in [-0.25, -0.2) is 4.98 Å². The molecule has 0 bridgehead atoms. The number of thiazole rings is 1. The summed E-state index contributed by atoms with van der Waals surface area (Å²) >= 11 is 1.70. The summed E-state index contributed by atoms with van der Waals surface area (Å²) in [6.45, 7) is 5.78. The number of hydrogen-bond donors (Lipinski definition) is 2. The van der Waals surface area contributed by atoms with E-state index in [-0.39, 0.29) is 0 Å². The van der Waals surface area contributed by atoms with E-state index >= 15 is 0 Å². The predicted molar refractivity (Wildman–Crippen MR) is 113 cm³/mol. The lowest BCUT2D eigenvalue weighted by atomic mass is 9.94. The van der Waals surface area contributed by atoms with Crippen LogP contribution in [0.25, 0.3) is 26.3 Å². The summed E-state index contributed by atoms with van der Waals surface area (Å²) in [6.07, 6.45) is 8.66. The minimum Gasteiger partial charge on any atom is -0.386 e. The molecule has 6 nitrogen and oxygen atoms in total. The molecule has 4 heterocycles. The molecule has 0 spiro atoms. The van der Waals surface area contributed by atoms with Gasteiger partial charge in [0.15, 0.2) is 4.96 Å². The molecule has 1 fully saturated rings. The van der Waals surface area contributed by atoms with Crippen molar-refractivity contribution in [1.82, 2.24) is 24.5 Å². The molecule has 0 aliphatic carbocycles. The predicted octanol–water partition coefficient (Wildman–Crippen LogP) is 3.64. The van der Waals surface area contributed by atoms with Crippen LogP contribution in [0.15, 0.2) is 30.7 Å². The standard InChI is InChI=1S/C21H25N5OS/c1-21(2,27)16-9-14(8-15-10-25(3)24-19(15)16)18-12-26-11-17(23-20(26)28-18)13-4-6-22-7-5-13/h8-13,22,27H,4-7H2,1-3H3. The number of benzene rings is 1. The minimum atomic E-state index is -0.956. The molecule has 1 aliphatic rings. The van der Waals surface area contributed by atoms with Crippen molar-refractivity contribution in [2.24, 2.45) is 7.05 Å². The molecular formula is C21H25N5OS. The Morgan fingerprint density at radius 2 is 1.96 bits per heavy atom. The van der Waals surface area contributed by atoms with Crippen LogP contribution in [0.2, 0.25) is 0 Å². The molecule has 0 unspecified atom stereocenters. The normalized spacial score (nSPS) is 16.4. The number of fused-ring (bicyclic) bond motifs is 2. The van der Waals surface area contributed by atoms with Crippen molar-refractivity contribution in [1.29, 1.82) is 0 Å². The summed E-state index contributed by atoms with van der Waals surface area (Å²) in [5, 5.41) is 19.7. The Hall–Kier alpha value is -2.22. The zero-order valence-electron chi connectivity index (χ0n) is 16.4. The van der Waals surface area contributed by atoms with Gasteiger partial charge in [0.1, 0.15) is 0 Å². The van der Waals surface area contributed by atoms with E-state index in [0.717, 1.165) is 57.8 Å². The van der Waals surface area contributed by atoms with Crippen LogP contribution < -0.4 is 5.32 Å². The lowest BCUT2D eigenvalue weighted by molar-refractivity contribution is 0.0800. The third kappa shape index (κ3) is 3.03. The van der Waals surface area contributed by atoms with Crippen LogP contribution in [0.3, 0.4) is 0 Å². The van der Waals surface area contributed by atoms with Crippen LogP contribution in [0, 0.1) is 0 Å². The van der Waals surface area contributed by atoms with E-state index in [1.54, 1.807) is 16.0 Å². The molecular weight excluding hydrogens is 370 g/mol. The molecule has 28 heavy (non-hydrogen) atoms. The number of nitrogens with one attached hydrogen (secondary N) is 1. The number of piperidine rings is 1. The highest BCUT2D eigenvalue weighted by atomic mass is 32.1. The van der Waals surface area contributed by atoms with E-state index < -0.39 is 5.60 Å². The second-order valence-electron chi connectivity index (χ2n) is 8.30. The number of hydrogen-bond acceptors (Lipinski definition) is 5. The van der Waals surface area contributed by atoms with Crippen molar-refractivity contribution in [3.63, 3.8) is 0 Å². The Kier molecular flexibility index (Phi) is 4.08. The molecule has 3 aromatic heterocycles. The molecule has 5 rings (SSSR count). The van der Waals surface area contributed by atoms with Crippen LogP contribution in [0.4, 0.5) is 0 Å². The fourth-order valence-electron chi connectivity index (χ4n) is 4.13. The number of imidazole rings is 1. The molecule has 0 amide bonds. The van der Waals surface area contributed by atoms with E-state index in [4.69, 9.17) is 4.98 Å². The van der Waals surface area contributed by atoms with Crippen LogP contribution in [0.5, 0.6) is 0 Å². The Balaban J connectivity index is 1.57. The minimum absolute atomic E-state index is 0.560. The van der Waals surface area contributed by atoms with Gasteiger partial charge in [0.2, 0.25) is 0 Å². The van der Waals surface area contributed by atoms with Crippen LogP contribution >= 0.6 is 11.3 Å². The van der Waals surface area contributed by atoms with Gasteiger partial charge >= 0.3 is 0 Å². The molecule has 1 aliphatic heterocycles. The summed E-state index contributed by atoms with van der Waals surface area (Å²) in [4.78, 5) is 7.08. The van der Waals surface area contributed by atoms with Gasteiger partial charge in [-0.05, 0) is 57.5 Å². The molecule has 0 radical (unpaired) electrons. The van der Waals surface area contributed by atoms with Crippen LogP contribution in [0.1, 0.15) is 43.9 Å². The van der Waals surface area contributed by atoms with E-state index in [9.17, 15) is 5.11 Å². The molecule has 1 aromatic carbocycles. The van der Waals surface area contributed by atoms with Gasteiger partial charge in [-0.15, -0.1) is 0 Å². The second-order valence-corrected chi connectivity index (χ2v) is 9.31. The fraction of sp³-hybridized carbons (Fsp3) is 0.429. The smallest absolute Gasteiger partial charge is 0.194 e. The first-order valence-corrected chi connectivity index (χ1v) is 10.6. The van der Waals surface area contributed by atoms with E-state index in [1.165, 1.54) is 5.69 Å². The first kappa shape index (κ1) is 17.8.